The molecule has 140 valence electrons. The first-order chi connectivity index (χ1) is 13.1. The molecule has 3 rings (SSSR count). The molecule has 0 aliphatic carbocycles. The maximum atomic E-state index is 12.0. The lowest BCUT2D eigenvalue weighted by Gasteiger charge is -2.09. The quantitative estimate of drug-likeness (QED) is 0.650. The van der Waals surface area contributed by atoms with Crippen molar-refractivity contribution in [1.82, 2.24) is 5.32 Å². The lowest BCUT2D eigenvalue weighted by atomic mass is 10.1. The van der Waals surface area contributed by atoms with Crippen LogP contribution in [-0.4, -0.2) is 19.6 Å². The lowest BCUT2D eigenvalue weighted by Crippen LogP contribution is -2.28. The van der Waals surface area contributed by atoms with Crippen molar-refractivity contribution >= 4 is 16.9 Å². The molecule has 1 heterocycles. The Kier molecular flexibility index (Phi) is 5.76. The van der Waals surface area contributed by atoms with Crippen molar-refractivity contribution in [1.29, 1.82) is 0 Å². The molecule has 0 aliphatic rings. The Balaban J connectivity index is 1.60. The third kappa shape index (κ3) is 4.67. The van der Waals surface area contributed by atoms with Crippen molar-refractivity contribution in [3.63, 3.8) is 0 Å². The average Bonchev–Trinajstić information content (AvgIpc) is 2.69. The van der Waals surface area contributed by atoms with Gasteiger partial charge in [-0.05, 0) is 41.8 Å². The molecule has 2 aromatic carbocycles. The van der Waals surface area contributed by atoms with E-state index in [1.54, 1.807) is 19.2 Å². The number of hydrogen-bond donors (Lipinski definition) is 1. The van der Waals surface area contributed by atoms with Crippen molar-refractivity contribution < 1.29 is 18.7 Å². The molecule has 1 aromatic heterocycles. The minimum Gasteiger partial charge on any atom is -0.497 e. The van der Waals surface area contributed by atoms with E-state index >= 15 is 0 Å². The van der Waals surface area contributed by atoms with Crippen molar-refractivity contribution in [2.45, 2.75) is 19.9 Å². The topological polar surface area (TPSA) is 77.8 Å². The summed E-state index contributed by atoms with van der Waals surface area (Å²) in [5.41, 5.74) is 1.91. The molecule has 0 saturated carbocycles. The van der Waals surface area contributed by atoms with Gasteiger partial charge in [0, 0.05) is 24.1 Å². The van der Waals surface area contributed by atoms with E-state index in [1.165, 1.54) is 6.07 Å². The monoisotopic (exact) mass is 367 g/mol. The summed E-state index contributed by atoms with van der Waals surface area (Å²) < 4.78 is 15.9. The molecule has 0 fully saturated rings. The molecule has 0 saturated heterocycles. The predicted octanol–water partition coefficient (Wildman–Crippen LogP) is 3.06. The number of benzene rings is 2. The van der Waals surface area contributed by atoms with E-state index < -0.39 is 5.63 Å². The summed E-state index contributed by atoms with van der Waals surface area (Å²) in [6, 6.07) is 14.2. The van der Waals surface area contributed by atoms with Crippen LogP contribution in [-0.2, 0) is 17.8 Å². The summed E-state index contributed by atoms with van der Waals surface area (Å²) in [5, 5.41) is 3.66. The van der Waals surface area contributed by atoms with Gasteiger partial charge in [-0.2, -0.15) is 0 Å². The molecule has 6 heteroatoms. The molecule has 0 spiro atoms. The highest BCUT2D eigenvalue weighted by atomic mass is 16.5. The average molecular weight is 367 g/mol. The molecule has 0 radical (unpaired) electrons. The fourth-order valence-corrected chi connectivity index (χ4v) is 2.78. The number of fused-ring (bicyclic) bond motifs is 1. The molecule has 3 aromatic rings. The zero-order chi connectivity index (χ0) is 19.2. The van der Waals surface area contributed by atoms with E-state index in [1.807, 2.05) is 37.3 Å². The molecule has 27 heavy (non-hydrogen) atoms. The molecular weight excluding hydrogens is 346 g/mol. The Morgan fingerprint density at radius 2 is 1.96 bits per heavy atom. The fraction of sp³-hybridized carbons (Fsp3) is 0.238. The molecule has 1 N–H and O–H groups in total. The van der Waals surface area contributed by atoms with Gasteiger partial charge in [0.05, 0.1) is 7.11 Å². The Morgan fingerprint density at radius 3 is 2.74 bits per heavy atom. The third-order valence-corrected chi connectivity index (χ3v) is 4.18. The minimum atomic E-state index is -0.396. The normalized spacial score (nSPS) is 10.6. The molecule has 1 amide bonds. The summed E-state index contributed by atoms with van der Waals surface area (Å²) in [4.78, 5) is 23.6. The van der Waals surface area contributed by atoms with Crippen molar-refractivity contribution in [2.75, 3.05) is 13.7 Å². The number of nitrogens with one attached hydrogen (secondary N) is 1. The van der Waals surface area contributed by atoms with E-state index in [2.05, 4.69) is 5.32 Å². The van der Waals surface area contributed by atoms with Gasteiger partial charge in [-0.25, -0.2) is 4.79 Å². The number of carbonyl (C=O) groups is 1. The largest absolute Gasteiger partial charge is 0.497 e. The van der Waals surface area contributed by atoms with Gasteiger partial charge in [0.15, 0.2) is 6.61 Å². The molecule has 0 bridgehead atoms. The smallest absolute Gasteiger partial charge is 0.336 e. The maximum Gasteiger partial charge on any atom is 0.336 e. The standard InChI is InChI=1S/C21H21NO5/c1-3-15-10-21(24)27-19-11-17(7-8-18(15)19)26-13-20(23)22-12-14-5-4-6-16(9-14)25-2/h4-11H,3,12-13H2,1-2H3,(H,22,23). The van der Waals surface area contributed by atoms with Gasteiger partial charge in [-0.3, -0.25) is 4.79 Å². The first kappa shape index (κ1) is 18.5. The van der Waals surface area contributed by atoms with Crippen molar-refractivity contribution in [3.8, 4) is 11.5 Å². The highest BCUT2D eigenvalue weighted by Gasteiger charge is 2.08. The molecule has 0 atom stereocenters. The van der Waals surface area contributed by atoms with Crippen LogP contribution in [0.25, 0.3) is 11.0 Å². The summed E-state index contributed by atoms with van der Waals surface area (Å²) in [5.74, 6) is 0.958. The van der Waals surface area contributed by atoms with E-state index in [0.29, 0.717) is 17.9 Å². The number of ether oxygens (including phenoxy) is 2. The van der Waals surface area contributed by atoms with E-state index in [9.17, 15) is 9.59 Å². The molecule has 0 unspecified atom stereocenters. The van der Waals surface area contributed by atoms with Crippen LogP contribution in [0.1, 0.15) is 18.1 Å². The SMILES string of the molecule is CCc1cc(=O)oc2cc(OCC(=O)NCc3cccc(OC)c3)ccc12. The van der Waals surface area contributed by atoms with Gasteiger partial charge in [-0.1, -0.05) is 19.1 Å². The van der Waals surface area contributed by atoms with E-state index in [0.717, 1.165) is 28.7 Å². The summed E-state index contributed by atoms with van der Waals surface area (Å²) >= 11 is 0. The van der Waals surface area contributed by atoms with Gasteiger partial charge < -0.3 is 19.2 Å². The van der Waals surface area contributed by atoms with Crippen LogP contribution in [0, 0.1) is 0 Å². The van der Waals surface area contributed by atoms with Crippen molar-refractivity contribution in [3.05, 3.63) is 70.1 Å². The molecule has 6 nitrogen and oxygen atoms in total. The van der Waals surface area contributed by atoms with Crippen LogP contribution in [0.5, 0.6) is 11.5 Å². The first-order valence-corrected chi connectivity index (χ1v) is 8.68. The Labute approximate surface area is 156 Å². The van der Waals surface area contributed by atoms with Crippen LogP contribution < -0.4 is 20.4 Å². The first-order valence-electron chi connectivity index (χ1n) is 8.68. The number of rotatable bonds is 7. The second-order valence-electron chi connectivity index (χ2n) is 6.02. The number of carbonyl (C=O) groups excluding carboxylic acids is 1. The Hall–Kier alpha value is -3.28. The minimum absolute atomic E-state index is 0.132. The number of aryl methyl sites for hydroxylation is 1. The van der Waals surface area contributed by atoms with Gasteiger partial charge in [0.2, 0.25) is 0 Å². The highest BCUT2D eigenvalue weighted by molar-refractivity contribution is 5.82. The number of hydrogen-bond acceptors (Lipinski definition) is 5. The van der Waals surface area contributed by atoms with Gasteiger partial charge in [0.1, 0.15) is 17.1 Å². The zero-order valence-corrected chi connectivity index (χ0v) is 15.3. The number of methoxy groups -OCH3 is 1. The maximum absolute atomic E-state index is 12.0. The molecular formula is C21H21NO5. The lowest BCUT2D eigenvalue weighted by molar-refractivity contribution is -0.123. The van der Waals surface area contributed by atoms with Crippen LogP contribution in [0.4, 0.5) is 0 Å². The van der Waals surface area contributed by atoms with Gasteiger partial charge >= 0.3 is 5.63 Å². The van der Waals surface area contributed by atoms with E-state index in [-0.39, 0.29) is 12.5 Å². The fourth-order valence-electron chi connectivity index (χ4n) is 2.78. The van der Waals surface area contributed by atoms with Crippen LogP contribution in [0.15, 0.2) is 57.7 Å². The second kappa shape index (κ2) is 8.40. The Morgan fingerprint density at radius 1 is 1.11 bits per heavy atom. The zero-order valence-electron chi connectivity index (χ0n) is 15.3. The summed E-state index contributed by atoms with van der Waals surface area (Å²) in [7, 11) is 1.60. The Bertz CT molecular complexity index is 1010. The van der Waals surface area contributed by atoms with Crippen molar-refractivity contribution in [2.24, 2.45) is 0 Å². The second-order valence-corrected chi connectivity index (χ2v) is 6.02. The van der Waals surface area contributed by atoms with Gasteiger partial charge in [0.25, 0.3) is 5.91 Å². The predicted molar refractivity (Wildman–Crippen MR) is 102 cm³/mol. The highest BCUT2D eigenvalue weighted by Crippen LogP contribution is 2.23. The van der Waals surface area contributed by atoms with Gasteiger partial charge in [-0.15, -0.1) is 0 Å². The van der Waals surface area contributed by atoms with Crippen LogP contribution >= 0.6 is 0 Å². The number of amides is 1. The summed E-state index contributed by atoms with van der Waals surface area (Å²) in [6.07, 6.45) is 0.731. The van der Waals surface area contributed by atoms with E-state index in [4.69, 9.17) is 13.9 Å². The third-order valence-electron chi connectivity index (χ3n) is 4.18. The van der Waals surface area contributed by atoms with Crippen LogP contribution in [0.3, 0.4) is 0 Å². The van der Waals surface area contributed by atoms with Crippen LogP contribution in [0.2, 0.25) is 0 Å². The molecule has 0 aliphatic heterocycles. The summed E-state index contributed by atoms with van der Waals surface area (Å²) in [6.45, 7) is 2.23.